The third-order valence-corrected chi connectivity index (χ3v) is 5.30. The van der Waals surface area contributed by atoms with Gasteiger partial charge in [0.2, 0.25) is 5.91 Å². The van der Waals surface area contributed by atoms with Gasteiger partial charge in [0.05, 0.1) is 17.9 Å². The van der Waals surface area contributed by atoms with E-state index in [2.05, 4.69) is 15.3 Å². The van der Waals surface area contributed by atoms with Crippen LogP contribution >= 0.6 is 23.1 Å². The predicted octanol–water partition coefficient (Wildman–Crippen LogP) is 3.37. The molecule has 2 aromatic rings. The Morgan fingerprint density at radius 1 is 1.29 bits per heavy atom. The summed E-state index contributed by atoms with van der Waals surface area (Å²) in [5.41, 5.74) is 2.13. The second kappa shape index (κ2) is 8.25. The molecule has 1 N–H and O–H groups in total. The summed E-state index contributed by atoms with van der Waals surface area (Å²) < 4.78 is 5.08. The number of thioether (sulfide) groups is 1. The Morgan fingerprint density at radius 2 is 2.04 bits per heavy atom. The van der Waals surface area contributed by atoms with E-state index in [0.717, 1.165) is 21.2 Å². The number of carbonyl (C=O) groups excluding carboxylic acids is 2. The quantitative estimate of drug-likeness (QED) is 0.480. The normalized spacial score (nSPS) is 10.5. The molecule has 0 atom stereocenters. The molecule has 0 unspecified atom stereocenters. The molecule has 2 rings (SSSR count). The summed E-state index contributed by atoms with van der Waals surface area (Å²) in [6.45, 7) is 7.69. The van der Waals surface area contributed by atoms with E-state index in [-0.39, 0.29) is 11.7 Å². The Balaban J connectivity index is 2.06. The third kappa shape index (κ3) is 4.55. The predicted molar refractivity (Wildman–Crippen MR) is 95.9 cm³/mol. The first-order chi connectivity index (χ1) is 11.4. The van der Waals surface area contributed by atoms with E-state index >= 15 is 0 Å². The average Bonchev–Trinajstić information content (AvgIpc) is 2.80. The van der Waals surface area contributed by atoms with Gasteiger partial charge < -0.3 is 10.1 Å². The van der Waals surface area contributed by atoms with E-state index < -0.39 is 5.97 Å². The summed E-state index contributed by atoms with van der Waals surface area (Å²) in [6.07, 6.45) is 1.47. The number of ether oxygens (including phenoxy) is 1. The lowest BCUT2D eigenvalue weighted by Gasteiger charge is -2.07. The van der Waals surface area contributed by atoms with Gasteiger partial charge in [-0.05, 0) is 39.3 Å². The highest BCUT2D eigenvalue weighted by molar-refractivity contribution is 7.99. The van der Waals surface area contributed by atoms with E-state index in [4.69, 9.17) is 4.74 Å². The molecule has 0 saturated heterocycles. The summed E-state index contributed by atoms with van der Waals surface area (Å²) in [7, 11) is 0. The van der Waals surface area contributed by atoms with Crippen molar-refractivity contribution in [1.29, 1.82) is 0 Å². The molecule has 8 heteroatoms. The van der Waals surface area contributed by atoms with Gasteiger partial charge in [-0.2, -0.15) is 0 Å². The number of hydrogen-bond donors (Lipinski definition) is 1. The summed E-state index contributed by atoms with van der Waals surface area (Å²) in [5, 5.41) is 4.08. The molecule has 2 aromatic heterocycles. The van der Waals surface area contributed by atoms with E-state index in [1.807, 2.05) is 26.8 Å². The van der Waals surface area contributed by atoms with Crippen LogP contribution in [0, 0.1) is 20.8 Å². The van der Waals surface area contributed by atoms with Crippen molar-refractivity contribution in [3.63, 3.8) is 0 Å². The van der Waals surface area contributed by atoms with E-state index in [9.17, 15) is 9.59 Å². The number of aromatic nitrogens is 2. The Hall–Kier alpha value is -1.93. The van der Waals surface area contributed by atoms with Crippen LogP contribution in [0.2, 0.25) is 0 Å². The highest BCUT2D eigenvalue weighted by Gasteiger charge is 2.22. The molecule has 1 amide bonds. The van der Waals surface area contributed by atoms with Crippen LogP contribution in [0.25, 0.3) is 0 Å². The zero-order valence-electron chi connectivity index (χ0n) is 14.0. The van der Waals surface area contributed by atoms with Crippen molar-refractivity contribution >= 4 is 40.0 Å². The molecule has 0 aromatic carbocycles. The number of aryl methyl sites for hydroxylation is 2. The Kier molecular flexibility index (Phi) is 6.33. The van der Waals surface area contributed by atoms with Crippen LogP contribution in [-0.4, -0.2) is 34.2 Å². The van der Waals surface area contributed by atoms with Crippen LogP contribution in [0.5, 0.6) is 0 Å². The highest BCUT2D eigenvalue weighted by Crippen LogP contribution is 2.33. The van der Waals surface area contributed by atoms with E-state index in [0.29, 0.717) is 17.2 Å². The minimum atomic E-state index is -0.409. The number of nitrogens with zero attached hydrogens (tertiary/aromatic N) is 2. The van der Waals surface area contributed by atoms with Crippen molar-refractivity contribution in [3.05, 3.63) is 34.1 Å². The molecular formula is C16H19N3O3S2. The summed E-state index contributed by atoms with van der Waals surface area (Å²) >= 11 is 2.70. The lowest BCUT2D eigenvalue weighted by Crippen LogP contribution is -2.16. The molecule has 128 valence electrons. The number of anilines is 1. The van der Waals surface area contributed by atoms with E-state index in [1.165, 1.54) is 29.4 Å². The molecule has 0 aliphatic carbocycles. The molecule has 0 spiro atoms. The van der Waals surface area contributed by atoms with Gasteiger partial charge in [0.1, 0.15) is 16.4 Å². The van der Waals surface area contributed by atoms with Gasteiger partial charge in [0.15, 0.2) is 0 Å². The molecule has 0 aliphatic rings. The maximum absolute atomic E-state index is 12.2. The van der Waals surface area contributed by atoms with Crippen LogP contribution < -0.4 is 5.32 Å². The lowest BCUT2D eigenvalue weighted by atomic mass is 10.1. The van der Waals surface area contributed by atoms with Crippen LogP contribution in [-0.2, 0) is 9.53 Å². The van der Waals surface area contributed by atoms with Gasteiger partial charge >= 0.3 is 5.97 Å². The van der Waals surface area contributed by atoms with Crippen LogP contribution in [0.15, 0.2) is 17.4 Å². The first kappa shape index (κ1) is 18.4. The van der Waals surface area contributed by atoms with Crippen LogP contribution in [0.3, 0.4) is 0 Å². The zero-order chi connectivity index (χ0) is 17.7. The molecule has 2 heterocycles. The lowest BCUT2D eigenvalue weighted by molar-refractivity contribution is -0.113. The second-order valence-corrected chi connectivity index (χ2v) is 7.26. The van der Waals surface area contributed by atoms with Gasteiger partial charge in [-0.3, -0.25) is 4.79 Å². The van der Waals surface area contributed by atoms with Crippen molar-refractivity contribution in [2.75, 3.05) is 17.7 Å². The maximum atomic E-state index is 12.2. The fourth-order valence-electron chi connectivity index (χ4n) is 1.98. The fourth-order valence-corrected chi connectivity index (χ4v) is 3.77. The Bertz CT molecular complexity index is 759. The van der Waals surface area contributed by atoms with Gasteiger partial charge in [-0.15, -0.1) is 11.3 Å². The first-order valence-electron chi connectivity index (χ1n) is 7.40. The smallest absolute Gasteiger partial charge is 0.341 e. The van der Waals surface area contributed by atoms with Crippen molar-refractivity contribution in [2.24, 2.45) is 0 Å². The van der Waals surface area contributed by atoms with Crippen LogP contribution in [0.4, 0.5) is 5.00 Å². The summed E-state index contributed by atoms with van der Waals surface area (Å²) in [5.74, 6) is -0.397. The van der Waals surface area contributed by atoms with Gasteiger partial charge in [-0.25, -0.2) is 14.8 Å². The SMILES string of the molecule is CCOC(=O)c1c(NC(=O)CSc2cc(C)ncn2)sc(C)c1C. The van der Waals surface area contributed by atoms with Gasteiger partial charge in [-0.1, -0.05) is 11.8 Å². The first-order valence-corrected chi connectivity index (χ1v) is 9.21. The zero-order valence-corrected chi connectivity index (χ0v) is 15.6. The topological polar surface area (TPSA) is 81.2 Å². The summed E-state index contributed by atoms with van der Waals surface area (Å²) in [4.78, 5) is 33.4. The molecule has 0 aliphatic heterocycles. The number of carbonyl (C=O) groups is 2. The van der Waals surface area contributed by atoms with Crippen molar-refractivity contribution in [2.45, 2.75) is 32.7 Å². The number of esters is 1. The van der Waals surface area contributed by atoms with Crippen molar-refractivity contribution in [1.82, 2.24) is 9.97 Å². The number of amides is 1. The fraction of sp³-hybridized carbons (Fsp3) is 0.375. The van der Waals surface area contributed by atoms with Gasteiger partial charge in [0, 0.05) is 10.6 Å². The highest BCUT2D eigenvalue weighted by atomic mass is 32.2. The number of hydrogen-bond acceptors (Lipinski definition) is 7. The Labute approximate surface area is 149 Å². The molecule has 0 saturated carbocycles. The molecule has 24 heavy (non-hydrogen) atoms. The summed E-state index contributed by atoms with van der Waals surface area (Å²) in [6, 6.07) is 1.82. The number of nitrogens with one attached hydrogen (secondary N) is 1. The average molecular weight is 365 g/mol. The monoisotopic (exact) mass is 365 g/mol. The minimum absolute atomic E-state index is 0.192. The minimum Gasteiger partial charge on any atom is -0.462 e. The second-order valence-electron chi connectivity index (χ2n) is 5.04. The van der Waals surface area contributed by atoms with Crippen molar-refractivity contribution in [3.8, 4) is 0 Å². The molecule has 0 bridgehead atoms. The standard InChI is InChI=1S/C16H19N3O3S2/c1-5-22-16(21)14-10(3)11(4)24-15(14)19-12(20)7-23-13-6-9(2)17-8-18-13/h6,8H,5,7H2,1-4H3,(H,19,20). The molecular weight excluding hydrogens is 346 g/mol. The Morgan fingerprint density at radius 3 is 2.71 bits per heavy atom. The largest absolute Gasteiger partial charge is 0.462 e. The van der Waals surface area contributed by atoms with E-state index in [1.54, 1.807) is 6.92 Å². The number of thiophene rings is 1. The maximum Gasteiger partial charge on any atom is 0.341 e. The van der Waals surface area contributed by atoms with Gasteiger partial charge in [0.25, 0.3) is 0 Å². The van der Waals surface area contributed by atoms with Crippen molar-refractivity contribution < 1.29 is 14.3 Å². The molecule has 0 radical (unpaired) electrons. The molecule has 0 fully saturated rings. The third-order valence-electron chi connectivity index (χ3n) is 3.25. The number of rotatable bonds is 6. The molecule has 6 nitrogen and oxygen atoms in total. The van der Waals surface area contributed by atoms with Crippen LogP contribution in [0.1, 0.15) is 33.4 Å².